The number of ketones is 1. The zero-order valence-electron chi connectivity index (χ0n) is 17.8. The number of benzene rings is 3. The molecule has 3 aromatic carbocycles. The van der Waals surface area contributed by atoms with E-state index in [1.165, 1.54) is 12.1 Å². The first-order valence-corrected chi connectivity index (χ1v) is 12.5. The van der Waals surface area contributed by atoms with E-state index in [0.29, 0.717) is 24.0 Å². The van der Waals surface area contributed by atoms with Gasteiger partial charge in [-0.15, -0.1) is 0 Å². The molecule has 1 aromatic heterocycles. The van der Waals surface area contributed by atoms with Crippen LogP contribution < -0.4 is 0 Å². The second-order valence-electron chi connectivity index (χ2n) is 8.58. The number of halogens is 1. The molecule has 5 rings (SSSR count). The van der Waals surface area contributed by atoms with Crippen LogP contribution in [0.15, 0.2) is 90.1 Å². The summed E-state index contributed by atoms with van der Waals surface area (Å²) >= 11 is 0. The maximum atomic E-state index is 14.5. The van der Waals surface area contributed by atoms with Gasteiger partial charge in [0.2, 0.25) is 0 Å². The van der Waals surface area contributed by atoms with Crippen LogP contribution in [0.5, 0.6) is 0 Å². The van der Waals surface area contributed by atoms with E-state index in [-0.39, 0.29) is 28.3 Å². The van der Waals surface area contributed by atoms with E-state index in [1.807, 2.05) is 24.3 Å². The van der Waals surface area contributed by atoms with Crippen LogP contribution in [0.3, 0.4) is 0 Å². The first-order chi connectivity index (χ1) is 15.9. The van der Waals surface area contributed by atoms with E-state index >= 15 is 0 Å². The maximum Gasteiger partial charge on any atom is 0.185 e. The van der Waals surface area contributed by atoms with Crippen LogP contribution in [0.1, 0.15) is 29.0 Å². The molecule has 2 unspecified atom stereocenters. The molecule has 6 heteroatoms. The predicted molar refractivity (Wildman–Crippen MR) is 125 cm³/mol. The molecule has 166 valence electrons. The average molecular weight is 460 g/mol. The topological polar surface area (TPSA) is 64.1 Å². The Kier molecular flexibility index (Phi) is 5.54. The molecule has 0 radical (unpaired) electrons. The Morgan fingerprint density at radius 3 is 2.58 bits per heavy atom. The molecule has 4 aromatic rings. The average Bonchev–Trinajstić information content (AvgIpc) is 3.61. The number of pyridine rings is 1. The van der Waals surface area contributed by atoms with Gasteiger partial charge in [-0.2, -0.15) is 0 Å². The Morgan fingerprint density at radius 1 is 0.939 bits per heavy atom. The Bertz CT molecular complexity index is 1450. The minimum atomic E-state index is -3.84. The Balaban J connectivity index is 1.32. The first kappa shape index (κ1) is 21.5. The molecule has 33 heavy (non-hydrogen) atoms. The molecule has 1 aliphatic rings. The monoisotopic (exact) mass is 459 g/mol. The standard InChI is InChI=1S/C27H22FNO3S/c28-25-9-8-21(14-27(25)33(31,32)17-18-4-2-1-3-5-18)23-15-24(23)26(30)13-19-6-7-22-16-29-11-10-20(22)12-19/h1-12,14,16,23-24H,13,15,17H2. The number of rotatable bonds is 7. The SMILES string of the molecule is O=C(Cc1ccc2cnccc2c1)C1CC1c1ccc(F)c(S(=O)(=O)Cc2ccccc2)c1. The molecule has 4 nitrogen and oxygen atoms in total. The van der Waals surface area contributed by atoms with E-state index in [9.17, 15) is 17.6 Å². The first-order valence-electron chi connectivity index (χ1n) is 10.8. The highest BCUT2D eigenvalue weighted by molar-refractivity contribution is 7.90. The molecule has 0 bridgehead atoms. The van der Waals surface area contributed by atoms with Crippen LogP contribution in [0.25, 0.3) is 10.8 Å². The van der Waals surface area contributed by atoms with Gasteiger partial charge in [0.05, 0.1) is 5.75 Å². The lowest BCUT2D eigenvalue weighted by Crippen LogP contribution is -2.09. The van der Waals surface area contributed by atoms with Crippen molar-refractivity contribution >= 4 is 26.4 Å². The normalized spacial score (nSPS) is 17.7. The van der Waals surface area contributed by atoms with Gasteiger partial charge in [-0.25, -0.2) is 12.8 Å². The lowest BCUT2D eigenvalue weighted by atomic mass is 10.0. The number of aromatic nitrogens is 1. The number of carbonyl (C=O) groups is 1. The number of nitrogens with zero attached hydrogens (tertiary/aromatic N) is 1. The zero-order valence-corrected chi connectivity index (χ0v) is 18.6. The highest BCUT2D eigenvalue weighted by Crippen LogP contribution is 2.49. The van der Waals surface area contributed by atoms with Gasteiger partial charge in [-0.1, -0.05) is 54.6 Å². The summed E-state index contributed by atoms with van der Waals surface area (Å²) in [4.78, 5) is 16.7. The largest absolute Gasteiger partial charge is 0.299 e. The minimum absolute atomic E-state index is 0.0755. The fourth-order valence-corrected chi connectivity index (χ4v) is 5.82. The van der Waals surface area contributed by atoms with Crippen molar-refractivity contribution in [2.45, 2.75) is 29.4 Å². The number of hydrogen-bond donors (Lipinski definition) is 0. The summed E-state index contributed by atoms with van der Waals surface area (Å²) in [5.74, 6) is -1.16. The maximum absolute atomic E-state index is 14.5. The molecule has 1 saturated carbocycles. The van der Waals surface area contributed by atoms with Crippen LogP contribution in [0, 0.1) is 11.7 Å². The molecule has 2 atom stereocenters. The summed E-state index contributed by atoms with van der Waals surface area (Å²) in [6, 6.07) is 20.7. The summed E-state index contributed by atoms with van der Waals surface area (Å²) in [6.45, 7) is 0. The van der Waals surface area contributed by atoms with E-state index in [2.05, 4.69) is 4.98 Å². The van der Waals surface area contributed by atoms with Gasteiger partial charge in [0.25, 0.3) is 0 Å². The van der Waals surface area contributed by atoms with Gasteiger partial charge < -0.3 is 0 Å². The number of fused-ring (bicyclic) bond motifs is 1. The van der Waals surface area contributed by atoms with E-state index in [4.69, 9.17) is 0 Å². The molecule has 1 heterocycles. The number of Topliss-reactive ketones (excluding diaryl/α,β-unsaturated/α-hetero) is 1. The van der Waals surface area contributed by atoms with Crippen molar-refractivity contribution in [2.24, 2.45) is 5.92 Å². The van der Waals surface area contributed by atoms with Gasteiger partial charge in [0.15, 0.2) is 9.84 Å². The minimum Gasteiger partial charge on any atom is -0.299 e. The second kappa shape index (κ2) is 8.52. The molecule has 0 aliphatic heterocycles. The van der Waals surface area contributed by atoms with Crippen LogP contribution in [-0.2, 0) is 26.8 Å². The number of carbonyl (C=O) groups excluding carboxylic acids is 1. The van der Waals surface area contributed by atoms with Crippen molar-refractivity contribution in [2.75, 3.05) is 0 Å². The third-order valence-corrected chi connectivity index (χ3v) is 7.90. The van der Waals surface area contributed by atoms with Crippen LogP contribution in [-0.4, -0.2) is 19.2 Å². The fourth-order valence-electron chi connectivity index (χ4n) is 4.35. The summed E-state index contributed by atoms with van der Waals surface area (Å²) in [5, 5.41) is 2.06. The van der Waals surface area contributed by atoms with E-state index in [1.54, 1.807) is 48.8 Å². The summed E-state index contributed by atoms with van der Waals surface area (Å²) in [6.07, 6.45) is 4.48. The van der Waals surface area contributed by atoms with Crippen LogP contribution >= 0.6 is 0 Å². The van der Waals surface area contributed by atoms with Crippen molar-refractivity contribution in [1.82, 2.24) is 4.98 Å². The number of sulfone groups is 1. The zero-order chi connectivity index (χ0) is 23.0. The summed E-state index contributed by atoms with van der Waals surface area (Å²) < 4.78 is 40.2. The van der Waals surface area contributed by atoms with Crippen LogP contribution in [0.4, 0.5) is 4.39 Å². The molecule has 0 saturated heterocycles. The van der Waals surface area contributed by atoms with Crippen molar-refractivity contribution in [3.8, 4) is 0 Å². The lowest BCUT2D eigenvalue weighted by Gasteiger charge is -2.09. The Morgan fingerprint density at radius 2 is 1.76 bits per heavy atom. The lowest BCUT2D eigenvalue weighted by molar-refractivity contribution is -0.119. The molecular formula is C27H22FNO3S. The Labute approximate surface area is 192 Å². The fraction of sp³-hybridized carbons (Fsp3) is 0.185. The predicted octanol–water partition coefficient (Wildman–Crippen LogP) is 5.26. The number of hydrogen-bond acceptors (Lipinski definition) is 4. The second-order valence-corrected chi connectivity index (χ2v) is 10.5. The highest BCUT2D eigenvalue weighted by atomic mass is 32.2. The quantitative estimate of drug-likeness (QED) is 0.378. The van der Waals surface area contributed by atoms with E-state index < -0.39 is 15.7 Å². The molecular weight excluding hydrogens is 437 g/mol. The van der Waals surface area contributed by atoms with Gasteiger partial charge in [0.1, 0.15) is 16.5 Å². The van der Waals surface area contributed by atoms with Crippen molar-refractivity contribution < 1.29 is 17.6 Å². The molecule has 0 N–H and O–H groups in total. The van der Waals surface area contributed by atoms with Gasteiger partial charge in [-0.05, 0) is 52.6 Å². The third-order valence-electron chi connectivity index (χ3n) is 6.21. The van der Waals surface area contributed by atoms with Crippen molar-refractivity contribution in [3.63, 3.8) is 0 Å². The third kappa shape index (κ3) is 4.57. The van der Waals surface area contributed by atoms with Gasteiger partial charge in [-0.3, -0.25) is 9.78 Å². The highest BCUT2D eigenvalue weighted by Gasteiger charge is 2.43. The Hall–Kier alpha value is -3.38. The molecule has 0 spiro atoms. The van der Waals surface area contributed by atoms with Crippen molar-refractivity contribution in [1.29, 1.82) is 0 Å². The smallest absolute Gasteiger partial charge is 0.185 e. The van der Waals surface area contributed by atoms with Gasteiger partial charge in [0, 0.05) is 30.1 Å². The molecule has 1 aliphatic carbocycles. The molecule has 1 fully saturated rings. The molecule has 0 amide bonds. The van der Waals surface area contributed by atoms with Crippen LogP contribution in [0.2, 0.25) is 0 Å². The summed E-state index contributed by atoms with van der Waals surface area (Å²) in [5.41, 5.74) is 2.24. The van der Waals surface area contributed by atoms with E-state index in [0.717, 1.165) is 16.3 Å². The summed E-state index contributed by atoms with van der Waals surface area (Å²) in [7, 11) is -3.84. The van der Waals surface area contributed by atoms with Crippen molar-refractivity contribution in [3.05, 3.63) is 108 Å². The van der Waals surface area contributed by atoms with Gasteiger partial charge >= 0.3 is 0 Å².